The predicted molar refractivity (Wildman–Crippen MR) is 54.9 cm³/mol. The number of aliphatic hydroxyl groups excluding tert-OH is 1. The van der Waals surface area contributed by atoms with Gasteiger partial charge in [0.05, 0.1) is 6.10 Å². The second kappa shape index (κ2) is 4.29. The maximum Gasteiger partial charge on any atom is 0.326 e. The molecular formula is C10H16N2O4. The molecule has 2 amide bonds. The number of hydrogen-bond donors (Lipinski definition) is 3. The molecule has 2 aliphatic rings. The van der Waals surface area contributed by atoms with Crippen LogP contribution >= 0.6 is 0 Å². The molecule has 1 aliphatic heterocycles. The number of carboxylic acids is 1. The maximum absolute atomic E-state index is 11.7. The topological polar surface area (TPSA) is 89.9 Å². The summed E-state index contributed by atoms with van der Waals surface area (Å²) in [6.07, 6.45) is 1.81. The third kappa shape index (κ3) is 2.44. The first-order chi connectivity index (χ1) is 7.58. The van der Waals surface area contributed by atoms with E-state index in [4.69, 9.17) is 5.11 Å². The highest BCUT2D eigenvalue weighted by Gasteiger charge is 2.38. The molecule has 0 spiro atoms. The number of aliphatic carboxylic acids is 1. The fraction of sp³-hybridized carbons (Fsp3) is 0.800. The normalized spacial score (nSPS) is 26.6. The van der Waals surface area contributed by atoms with Gasteiger partial charge in [-0.1, -0.05) is 0 Å². The van der Waals surface area contributed by atoms with E-state index >= 15 is 0 Å². The summed E-state index contributed by atoms with van der Waals surface area (Å²) in [5, 5.41) is 20.7. The number of likely N-dealkylation sites (tertiary alicyclic amines) is 1. The van der Waals surface area contributed by atoms with Crippen LogP contribution in [0.2, 0.25) is 0 Å². The number of amides is 2. The van der Waals surface area contributed by atoms with Gasteiger partial charge in [0.1, 0.15) is 6.04 Å². The van der Waals surface area contributed by atoms with Crippen LogP contribution in [0, 0.1) is 5.92 Å². The fourth-order valence-electron chi connectivity index (χ4n) is 1.96. The molecule has 2 fully saturated rings. The smallest absolute Gasteiger partial charge is 0.326 e. The van der Waals surface area contributed by atoms with Gasteiger partial charge in [0, 0.05) is 13.1 Å². The average molecular weight is 228 g/mol. The molecule has 0 bridgehead atoms. The van der Waals surface area contributed by atoms with E-state index in [0.717, 1.165) is 12.8 Å². The van der Waals surface area contributed by atoms with Gasteiger partial charge in [0.2, 0.25) is 0 Å². The van der Waals surface area contributed by atoms with Crippen LogP contribution in [0.3, 0.4) is 0 Å². The summed E-state index contributed by atoms with van der Waals surface area (Å²) in [6, 6.07) is -1.15. The Kier molecular flexibility index (Phi) is 3.00. The van der Waals surface area contributed by atoms with E-state index in [0.29, 0.717) is 19.5 Å². The van der Waals surface area contributed by atoms with Crippen molar-refractivity contribution in [2.45, 2.75) is 31.4 Å². The Bertz CT molecular complexity index is 303. The van der Waals surface area contributed by atoms with E-state index in [1.807, 2.05) is 0 Å². The van der Waals surface area contributed by atoms with Crippen LogP contribution in [0.15, 0.2) is 0 Å². The first-order valence-electron chi connectivity index (χ1n) is 5.54. The van der Waals surface area contributed by atoms with E-state index in [1.165, 1.54) is 4.90 Å². The molecule has 90 valence electrons. The molecular weight excluding hydrogens is 212 g/mol. The number of β-amino-alcohol motifs (C(OH)–C–C–N with tert-alkyl or cyclic N) is 1. The second-order valence-corrected chi connectivity index (χ2v) is 4.49. The molecule has 1 saturated carbocycles. The van der Waals surface area contributed by atoms with Gasteiger partial charge in [-0.05, 0) is 25.2 Å². The van der Waals surface area contributed by atoms with Crippen LogP contribution in [0.4, 0.5) is 4.79 Å². The fourth-order valence-corrected chi connectivity index (χ4v) is 1.96. The standard InChI is InChI=1S/C10H16N2O4/c13-7-3-4-12(5-7)10(16)11-8(9(14)15)6-1-2-6/h6-8,13H,1-5H2,(H,11,16)(H,14,15). The maximum atomic E-state index is 11.7. The Morgan fingerprint density at radius 3 is 2.44 bits per heavy atom. The largest absolute Gasteiger partial charge is 0.480 e. The van der Waals surface area contributed by atoms with E-state index in [2.05, 4.69) is 5.32 Å². The van der Waals surface area contributed by atoms with Gasteiger partial charge in [0.25, 0.3) is 0 Å². The van der Waals surface area contributed by atoms with Crippen molar-refractivity contribution in [3.8, 4) is 0 Å². The SMILES string of the molecule is O=C(O)C(NC(=O)N1CCC(O)C1)C1CC1. The van der Waals surface area contributed by atoms with E-state index < -0.39 is 18.1 Å². The lowest BCUT2D eigenvalue weighted by Crippen LogP contribution is -2.48. The van der Waals surface area contributed by atoms with Crippen molar-refractivity contribution in [3.05, 3.63) is 0 Å². The Labute approximate surface area is 93.2 Å². The Morgan fingerprint density at radius 1 is 1.31 bits per heavy atom. The second-order valence-electron chi connectivity index (χ2n) is 4.49. The average Bonchev–Trinajstić information content (AvgIpc) is 2.96. The molecule has 6 nitrogen and oxygen atoms in total. The van der Waals surface area contributed by atoms with Gasteiger partial charge in [0.15, 0.2) is 0 Å². The highest BCUT2D eigenvalue weighted by atomic mass is 16.4. The quantitative estimate of drug-likeness (QED) is 0.614. The molecule has 2 atom stereocenters. The summed E-state index contributed by atoms with van der Waals surface area (Å²) < 4.78 is 0. The minimum Gasteiger partial charge on any atom is -0.480 e. The molecule has 0 aromatic rings. The molecule has 0 aromatic heterocycles. The zero-order chi connectivity index (χ0) is 11.7. The lowest BCUT2D eigenvalue weighted by molar-refractivity contribution is -0.139. The molecule has 1 heterocycles. The van der Waals surface area contributed by atoms with E-state index in [-0.39, 0.29) is 11.9 Å². The van der Waals surface area contributed by atoms with Crippen LogP contribution in [-0.4, -0.2) is 52.3 Å². The van der Waals surface area contributed by atoms with Crippen LogP contribution in [0.25, 0.3) is 0 Å². The third-order valence-corrected chi connectivity index (χ3v) is 3.09. The molecule has 0 radical (unpaired) electrons. The zero-order valence-electron chi connectivity index (χ0n) is 8.93. The Hall–Kier alpha value is -1.30. The molecule has 1 aliphatic carbocycles. The molecule has 0 aromatic carbocycles. The number of rotatable bonds is 3. The van der Waals surface area contributed by atoms with Crippen molar-refractivity contribution in [1.29, 1.82) is 0 Å². The lowest BCUT2D eigenvalue weighted by Gasteiger charge is -2.20. The van der Waals surface area contributed by atoms with Crippen LogP contribution < -0.4 is 5.32 Å². The summed E-state index contributed by atoms with van der Waals surface area (Å²) in [6.45, 7) is 0.785. The lowest BCUT2D eigenvalue weighted by atomic mass is 10.2. The number of nitrogens with one attached hydrogen (secondary N) is 1. The molecule has 1 saturated heterocycles. The Morgan fingerprint density at radius 2 is 2.00 bits per heavy atom. The molecule has 2 rings (SSSR count). The van der Waals surface area contributed by atoms with E-state index in [9.17, 15) is 14.7 Å². The van der Waals surface area contributed by atoms with Gasteiger partial charge in [-0.25, -0.2) is 9.59 Å². The molecule has 6 heteroatoms. The van der Waals surface area contributed by atoms with Crippen LogP contribution in [-0.2, 0) is 4.79 Å². The summed E-state index contributed by atoms with van der Waals surface area (Å²) in [7, 11) is 0. The molecule has 16 heavy (non-hydrogen) atoms. The number of carboxylic acid groups (broad SMARTS) is 1. The number of carbonyl (C=O) groups excluding carboxylic acids is 1. The first-order valence-corrected chi connectivity index (χ1v) is 5.54. The van der Waals surface area contributed by atoms with Crippen molar-refractivity contribution in [2.24, 2.45) is 5.92 Å². The summed E-state index contributed by atoms with van der Waals surface area (Å²) in [5.74, 6) is -0.899. The minimum atomic E-state index is -0.976. The van der Waals surface area contributed by atoms with Crippen molar-refractivity contribution in [1.82, 2.24) is 10.2 Å². The molecule has 3 N–H and O–H groups in total. The summed E-state index contributed by atoms with van der Waals surface area (Å²) in [4.78, 5) is 24.1. The number of urea groups is 1. The van der Waals surface area contributed by atoms with Crippen molar-refractivity contribution >= 4 is 12.0 Å². The van der Waals surface area contributed by atoms with Crippen molar-refractivity contribution in [2.75, 3.05) is 13.1 Å². The predicted octanol–water partition coefficient (Wildman–Crippen LogP) is -0.374. The Balaban J connectivity index is 1.87. The first kappa shape index (κ1) is 11.2. The number of carbonyl (C=O) groups is 2. The van der Waals surface area contributed by atoms with Gasteiger partial charge >= 0.3 is 12.0 Å². The zero-order valence-corrected chi connectivity index (χ0v) is 8.93. The van der Waals surface area contributed by atoms with Crippen molar-refractivity contribution < 1.29 is 19.8 Å². The van der Waals surface area contributed by atoms with Crippen molar-refractivity contribution in [3.63, 3.8) is 0 Å². The summed E-state index contributed by atoms with van der Waals surface area (Å²) in [5.41, 5.74) is 0. The molecule has 2 unspecified atom stereocenters. The minimum absolute atomic E-state index is 0.0778. The monoisotopic (exact) mass is 228 g/mol. The van der Waals surface area contributed by atoms with Crippen LogP contribution in [0.1, 0.15) is 19.3 Å². The van der Waals surface area contributed by atoms with Crippen LogP contribution in [0.5, 0.6) is 0 Å². The number of aliphatic hydroxyl groups is 1. The number of nitrogens with zero attached hydrogens (tertiary/aromatic N) is 1. The van der Waals surface area contributed by atoms with Gasteiger partial charge in [-0.2, -0.15) is 0 Å². The van der Waals surface area contributed by atoms with Gasteiger partial charge in [-0.3, -0.25) is 0 Å². The third-order valence-electron chi connectivity index (χ3n) is 3.09. The van der Waals surface area contributed by atoms with Gasteiger partial charge < -0.3 is 20.4 Å². The number of hydrogen-bond acceptors (Lipinski definition) is 3. The summed E-state index contributed by atoms with van der Waals surface area (Å²) >= 11 is 0. The highest BCUT2D eigenvalue weighted by molar-refractivity contribution is 5.83. The highest BCUT2D eigenvalue weighted by Crippen LogP contribution is 2.32. The van der Waals surface area contributed by atoms with E-state index in [1.54, 1.807) is 0 Å². The van der Waals surface area contributed by atoms with Gasteiger partial charge in [-0.15, -0.1) is 0 Å².